The van der Waals surface area contributed by atoms with Crippen LogP contribution < -0.4 is 18.9 Å². The predicted octanol–water partition coefficient (Wildman–Crippen LogP) is 5.09. The van der Waals surface area contributed by atoms with Crippen molar-refractivity contribution in [3.8, 4) is 39.9 Å². The van der Waals surface area contributed by atoms with E-state index >= 15 is 0 Å². The number of benzene rings is 3. The highest BCUT2D eigenvalue weighted by molar-refractivity contribution is 5.98. The molecule has 0 atom stereocenters. The first-order valence-electron chi connectivity index (χ1n) is 13.7. The van der Waals surface area contributed by atoms with Crippen molar-refractivity contribution in [3.05, 3.63) is 89.6 Å². The van der Waals surface area contributed by atoms with Gasteiger partial charge in [0.2, 0.25) is 0 Å². The number of piperazine rings is 1. The van der Waals surface area contributed by atoms with Crippen LogP contribution >= 0.6 is 0 Å². The molecule has 0 saturated carbocycles. The molecule has 1 fully saturated rings. The zero-order chi connectivity index (χ0) is 29.8. The highest BCUT2D eigenvalue weighted by atomic mass is 16.5. The molecule has 1 aliphatic heterocycles. The standard InChI is InChI=1S/C33H35N3O6/c1-22-30(21-31(23-9-11-26(39-2)12-10-23)36(22)25-7-6-8-27(19-25)40-3)33(38)35-15-13-34(14-16-35)32(37)24-17-28(41-4)20-29(18-24)42-5/h6-12,17-21H,13-16H2,1-5H3. The smallest absolute Gasteiger partial charge is 0.255 e. The molecule has 0 aliphatic carbocycles. The summed E-state index contributed by atoms with van der Waals surface area (Å²) in [6, 6.07) is 22.6. The van der Waals surface area contributed by atoms with Crippen molar-refractivity contribution in [2.75, 3.05) is 54.6 Å². The Morgan fingerprint density at radius 1 is 0.619 bits per heavy atom. The van der Waals surface area contributed by atoms with Crippen LogP contribution in [0.3, 0.4) is 0 Å². The van der Waals surface area contributed by atoms with Crippen molar-refractivity contribution in [1.82, 2.24) is 14.4 Å². The van der Waals surface area contributed by atoms with E-state index in [-0.39, 0.29) is 11.8 Å². The van der Waals surface area contributed by atoms with Crippen molar-refractivity contribution < 1.29 is 28.5 Å². The molecular weight excluding hydrogens is 534 g/mol. The first kappa shape index (κ1) is 28.6. The lowest BCUT2D eigenvalue weighted by atomic mass is 10.1. The van der Waals surface area contributed by atoms with Crippen molar-refractivity contribution in [2.45, 2.75) is 6.92 Å². The maximum absolute atomic E-state index is 13.9. The summed E-state index contributed by atoms with van der Waals surface area (Å²) in [7, 11) is 6.37. The van der Waals surface area contributed by atoms with Gasteiger partial charge in [-0.15, -0.1) is 0 Å². The summed E-state index contributed by atoms with van der Waals surface area (Å²) in [6.07, 6.45) is 0. The van der Waals surface area contributed by atoms with Crippen LogP contribution in [0.2, 0.25) is 0 Å². The molecule has 9 nitrogen and oxygen atoms in total. The van der Waals surface area contributed by atoms with Crippen molar-refractivity contribution in [3.63, 3.8) is 0 Å². The number of carbonyl (C=O) groups is 2. The van der Waals surface area contributed by atoms with E-state index in [1.54, 1.807) is 51.5 Å². The third kappa shape index (κ3) is 5.63. The van der Waals surface area contributed by atoms with Crippen LogP contribution in [0.25, 0.3) is 16.9 Å². The molecule has 0 radical (unpaired) electrons. The summed E-state index contributed by atoms with van der Waals surface area (Å²) < 4.78 is 23.6. The van der Waals surface area contributed by atoms with Crippen LogP contribution in [0.5, 0.6) is 23.0 Å². The largest absolute Gasteiger partial charge is 0.497 e. The monoisotopic (exact) mass is 569 g/mol. The van der Waals surface area contributed by atoms with E-state index in [2.05, 4.69) is 4.57 Å². The van der Waals surface area contributed by atoms with Crippen LogP contribution in [0.1, 0.15) is 26.4 Å². The Labute approximate surface area is 245 Å². The van der Waals surface area contributed by atoms with E-state index in [9.17, 15) is 9.59 Å². The summed E-state index contributed by atoms with van der Waals surface area (Å²) in [4.78, 5) is 30.8. The van der Waals surface area contributed by atoms with Gasteiger partial charge in [-0.05, 0) is 67.1 Å². The minimum atomic E-state index is -0.124. The molecule has 2 amide bonds. The molecule has 0 spiro atoms. The lowest BCUT2D eigenvalue weighted by Crippen LogP contribution is -2.50. The fourth-order valence-corrected chi connectivity index (χ4v) is 5.28. The topological polar surface area (TPSA) is 82.5 Å². The molecule has 1 aliphatic rings. The number of rotatable bonds is 8. The molecule has 3 aromatic carbocycles. The Morgan fingerprint density at radius 3 is 1.76 bits per heavy atom. The summed E-state index contributed by atoms with van der Waals surface area (Å²) in [6.45, 7) is 3.65. The van der Waals surface area contributed by atoms with Crippen LogP contribution in [0, 0.1) is 6.92 Å². The number of ether oxygens (including phenoxy) is 4. The number of carbonyl (C=O) groups excluding carboxylic acids is 2. The van der Waals surface area contributed by atoms with Gasteiger partial charge < -0.3 is 33.3 Å². The second-order valence-corrected chi connectivity index (χ2v) is 9.98. The highest BCUT2D eigenvalue weighted by Gasteiger charge is 2.29. The number of amides is 2. The normalized spacial score (nSPS) is 13.1. The summed E-state index contributed by atoms with van der Waals surface area (Å²) in [5.74, 6) is 2.39. The van der Waals surface area contributed by atoms with Gasteiger partial charge in [0, 0.05) is 55.3 Å². The van der Waals surface area contributed by atoms with Crippen LogP contribution in [-0.4, -0.2) is 80.8 Å². The van der Waals surface area contributed by atoms with Gasteiger partial charge in [-0.2, -0.15) is 0 Å². The summed E-state index contributed by atoms with van der Waals surface area (Å²) in [5.41, 5.74) is 4.64. The zero-order valence-corrected chi connectivity index (χ0v) is 24.5. The van der Waals surface area contributed by atoms with Gasteiger partial charge in [0.1, 0.15) is 23.0 Å². The van der Waals surface area contributed by atoms with Gasteiger partial charge in [-0.25, -0.2) is 0 Å². The summed E-state index contributed by atoms with van der Waals surface area (Å²) >= 11 is 0. The zero-order valence-electron chi connectivity index (χ0n) is 24.5. The van der Waals surface area contributed by atoms with E-state index < -0.39 is 0 Å². The first-order valence-corrected chi connectivity index (χ1v) is 13.7. The average Bonchev–Trinajstić information content (AvgIpc) is 3.40. The summed E-state index contributed by atoms with van der Waals surface area (Å²) in [5, 5.41) is 0. The molecule has 1 aromatic heterocycles. The maximum Gasteiger partial charge on any atom is 0.255 e. The Hall–Kier alpha value is -4.92. The molecule has 0 N–H and O–H groups in total. The molecular formula is C33H35N3O6. The van der Waals surface area contributed by atoms with Gasteiger partial charge >= 0.3 is 0 Å². The van der Waals surface area contributed by atoms with E-state index in [0.717, 1.165) is 34.1 Å². The van der Waals surface area contributed by atoms with Crippen molar-refractivity contribution in [2.24, 2.45) is 0 Å². The van der Waals surface area contributed by atoms with E-state index in [1.165, 1.54) is 0 Å². The molecule has 5 rings (SSSR count). The van der Waals surface area contributed by atoms with Crippen molar-refractivity contribution in [1.29, 1.82) is 0 Å². The van der Waals surface area contributed by atoms with E-state index in [1.807, 2.05) is 66.4 Å². The minimum Gasteiger partial charge on any atom is -0.497 e. The molecule has 9 heteroatoms. The quantitative estimate of drug-likeness (QED) is 0.294. The van der Waals surface area contributed by atoms with Gasteiger partial charge in [-0.1, -0.05) is 6.07 Å². The third-order valence-corrected chi connectivity index (χ3v) is 7.63. The number of aromatic nitrogens is 1. The molecule has 1 saturated heterocycles. The van der Waals surface area contributed by atoms with Crippen LogP contribution in [-0.2, 0) is 0 Å². The second kappa shape index (κ2) is 12.3. The maximum atomic E-state index is 13.9. The van der Waals surface area contributed by atoms with Crippen LogP contribution in [0.4, 0.5) is 0 Å². The van der Waals surface area contributed by atoms with Gasteiger partial charge in [-0.3, -0.25) is 9.59 Å². The second-order valence-electron chi connectivity index (χ2n) is 9.98. The van der Waals surface area contributed by atoms with Gasteiger partial charge in [0.25, 0.3) is 11.8 Å². The fourth-order valence-electron chi connectivity index (χ4n) is 5.28. The molecule has 218 valence electrons. The molecule has 0 bridgehead atoms. The Morgan fingerprint density at radius 2 is 1.19 bits per heavy atom. The van der Waals surface area contributed by atoms with E-state index in [0.29, 0.717) is 48.8 Å². The SMILES string of the molecule is COc1ccc(-c2cc(C(=O)N3CCN(C(=O)c4cc(OC)cc(OC)c4)CC3)c(C)n2-c2cccc(OC)c2)cc1. The number of methoxy groups -OCH3 is 4. The molecule has 42 heavy (non-hydrogen) atoms. The number of hydrogen-bond acceptors (Lipinski definition) is 6. The van der Waals surface area contributed by atoms with Crippen LogP contribution in [0.15, 0.2) is 72.8 Å². The Bertz CT molecular complexity index is 1560. The molecule has 4 aromatic rings. The molecule has 2 heterocycles. The Balaban J connectivity index is 1.41. The lowest BCUT2D eigenvalue weighted by molar-refractivity contribution is 0.0535. The highest BCUT2D eigenvalue weighted by Crippen LogP contribution is 2.33. The van der Waals surface area contributed by atoms with Gasteiger partial charge in [0.05, 0.1) is 39.7 Å². The Kier molecular flexibility index (Phi) is 8.38. The lowest BCUT2D eigenvalue weighted by Gasteiger charge is -2.35. The average molecular weight is 570 g/mol. The number of nitrogens with zero attached hydrogens (tertiary/aromatic N) is 3. The van der Waals surface area contributed by atoms with Gasteiger partial charge in [0.15, 0.2) is 0 Å². The number of hydrogen-bond donors (Lipinski definition) is 0. The fraction of sp³-hybridized carbons (Fsp3) is 0.273. The first-order chi connectivity index (χ1) is 20.4. The third-order valence-electron chi connectivity index (χ3n) is 7.63. The van der Waals surface area contributed by atoms with E-state index in [4.69, 9.17) is 18.9 Å². The molecule has 0 unspecified atom stereocenters. The predicted molar refractivity (Wildman–Crippen MR) is 160 cm³/mol. The van der Waals surface area contributed by atoms with Crippen molar-refractivity contribution >= 4 is 11.8 Å². The minimum absolute atomic E-state index is 0.0703.